The van der Waals surface area contributed by atoms with Gasteiger partial charge in [0.15, 0.2) is 5.96 Å². The van der Waals surface area contributed by atoms with Gasteiger partial charge in [0.05, 0.1) is 12.5 Å². The van der Waals surface area contributed by atoms with E-state index in [2.05, 4.69) is 26.3 Å². The minimum atomic E-state index is -1.49. The smallest absolute Gasteiger partial charge is 0.326 e. The lowest BCUT2D eigenvalue weighted by Gasteiger charge is -2.24. The van der Waals surface area contributed by atoms with Gasteiger partial charge in [-0.2, -0.15) is 0 Å². The number of primary amides is 1. The first-order chi connectivity index (χ1) is 16.9. The Balaban J connectivity index is 2.98. The SMILES string of the molecule is NC(=O)CCC(NC(=O)C(CCCN=C(N)N)NC(=O)C(CC(=O)O)NC(=O)C1CCCN1)C(=O)O. The molecule has 12 N–H and O–H groups in total. The lowest BCUT2D eigenvalue weighted by molar-refractivity contribution is -0.143. The molecule has 0 aromatic rings. The normalized spacial score (nSPS) is 17.2. The van der Waals surface area contributed by atoms with Gasteiger partial charge in [-0.05, 0) is 38.6 Å². The number of rotatable bonds is 16. The monoisotopic (exact) mass is 514 g/mol. The summed E-state index contributed by atoms with van der Waals surface area (Å²) in [5, 5.41) is 28.5. The highest BCUT2D eigenvalue weighted by atomic mass is 16.4. The largest absolute Gasteiger partial charge is 0.481 e. The van der Waals surface area contributed by atoms with E-state index >= 15 is 0 Å². The number of nitrogens with one attached hydrogen (secondary N) is 4. The van der Waals surface area contributed by atoms with Crippen LogP contribution in [-0.4, -0.2) is 89.0 Å². The maximum absolute atomic E-state index is 12.9. The van der Waals surface area contributed by atoms with Gasteiger partial charge in [-0.1, -0.05) is 0 Å². The quantitative estimate of drug-likeness (QED) is 0.0544. The number of carboxylic acid groups (broad SMARTS) is 2. The van der Waals surface area contributed by atoms with E-state index in [1.54, 1.807) is 0 Å². The van der Waals surface area contributed by atoms with E-state index in [9.17, 15) is 39.0 Å². The van der Waals surface area contributed by atoms with Crippen LogP contribution < -0.4 is 38.5 Å². The molecule has 0 aromatic carbocycles. The van der Waals surface area contributed by atoms with Crippen LogP contribution >= 0.6 is 0 Å². The zero-order chi connectivity index (χ0) is 27.3. The number of guanidine groups is 1. The molecule has 16 nitrogen and oxygen atoms in total. The number of hydrogen-bond donors (Lipinski definition) is 9. The zero-order valence-electron chi connectivity index (χ0n) is 19.7. The number of carboxylic acids is 2. The molecule has 4 atom stereocenters. The molecule has 0 aromatic heterocycles. The van der Waals surface area contributed by atoms with Gasteiger partial charge in [0.25, 0.3) is 0 Å². The molecule has 4 amide bonds. The van der Waals surface area contributed by atoms with Crippen molar-refractivity contribution in [2.75, 3.05) is 13.1 Å². The molecule has 4 unspecified atom stereocenters. The first-order valence-electron chi connectivity index (χ1n) is 11.3. The molecule has 1 heterocycles. The molecular formula is C20H34N8O8. The van der Waals surface area contributed by atoms with Crippen molar-refractivity contribution in [3.8, 4) is 0 Å². The topological polar surface area (TPSA) is 281 Å². The maximum atomic E-state index is 12.9. The second-order valence-corrected chi connectivity index (χ2v) is 8.22. The van der Waals surface area contributed by atoms with Crippen molar-refractivity contribution < 1.29 is 39.0 Å². The molecule has 202 valence electrons. The first kappa shape index (κ1) is 30.1. The van der Waals surface area contributed by atoms with Gasteiger partial charge >= 0.3 is 11.9 Å². The average molecular weight is 515 g/mol. The summed E-state index contributed by atoms with van der Waals surface area (Å²) in [6.07, 6.45) is 0.0733. The Hall–Kier alpha value is -3.95. The fourth-order valence-corrected chi connectivity index (χ4v) is 3.43. The van der Waals surface area contributed by atoms with Crippen molar-refractivity contribution in [1.29, 1.82) is 0 Å². The summed E-state index contributed by atoms with van der Waals surface area (Å²) in [6, 6.07) is -4.85. The Kier molecular flexibility index (Phi) is 12.6. The van der Waals surface area contributed by atoms with Crippen LogP contribution in [0.2, 0.25) is 0 Å². The van der Waals surface area contributed by atoms with Crippen LogP contribution in [0.25, 0.3) is 0 Å². The molecule has 0 radical (unpaired) electrons. The van der Waals surface area contributed by atoms with E-state index in [4.69, 9.17) is 17.2 Å². The number of hydrogen-bond acceptors (Lipinski definition) is 8. The van der Waals surface area contributed by atoms with Gasteiger partial charge in [-0.25, -0.2) is 4.79 Å². The van der Waals surface area contributed by atoms with Gasteiger partial charge in [0.1, 0.15) is 18.1 Å². The van der Waals surface area contributed by atoms with E-state index in [0.29, 0.717) is 13.0 Å². The Morgan fingerprint density at radius 1 is 0.917 bits per heavy atom. The summed E-state index contributed by atoms with van der Waals surface area (Å²) < 4.78 is 0. The van der Waals surface area contributed by atoms with Gasteiger partial charge in [0.2, 0.25) is 23.6 Å². The van der Waals surface area contributed by atoms with Crippen molar-refractivity contribution in [3.63, 3.8) is 0 Å². The lowest BCUT2D eigenvalue weighted by atomic mass is 10.1. The van der Waals surface area contributed by atoms with E-state index < -0.39 is 66.2 Å². The molecule has 1 aliphatic rings. The van der Waals surface area contributed by atoms with Crippen molar-refractivity contribution in [2.45, 2.75) is 69.1 Å². The Bertz CT molecular complexity index is 855. The van der Waals surface area contributed by atoms with Crippen LogP contribution in [0.15, 0.2) is 4.99 Å². The predicted octanol–water partition coefficient (Wildman–Crippen LogP) is -3.93. The summed E-state index contributed by atoms with van der Waals surface area (Å²) in [6.45, 7) is 0.696. The molecule has 1 rings (SSSR count). The highest BCUT2D eigenvalue weighted by Gasteiger charge is 2.32. The minimum Gasteiger partial charge on any atom is -0.481 e. The number of carbonyl (C=O) groups excluding carboxylic acids is 4. The number of aliphatic carboxylic acids is 2. The van der Waals surface area contributed by atoms with Crippen molar-refractivity contribution in [1.82, 2.24) is 21.3 Å². The van der Waals surface area contributed by atoms with Crippen LogP contribution in [0.3, 0.4) is 0 Å². The fourth-order valence-electron chi connectivity index (χ4n) is 3.43. The fraction of sp³-hybridized carbons (Fsp3) is 0.650. The maximum Gasteiger partial charge on any atom is 0.326 e. The molecule has 0 bridgehead atoms. The van der Waals surface area contributed by atoms with Gasteiger partial charge in [-0.3, -0.25) is 29.0 Å². The number of aliphatic imine (C=N–C) groups is 1. The molecule has 1 aliphatic heterocycles. The Labute approximate surface area is 206 Å². The second kappa shape index (κ2) is 15.1. The van der Waals surface area contributed by atoms with Crippen LogP contribution in [0, 0.1) is 0 Å². The number of nitrogens with two attached hydrogens (primary N) is 3. The number of amides is 4. The summed E-state index contributed by atoms with van der Waals surface area (Å²) >= 11 is 0. The molecule has 0 spiro atoms. The van der Waals surface area contributed by atoms with Crippen molar-refractivity contribution >= 4 is 41.5 Å². The number of carbonyl (C=O) groups is 6. The van der Waals surface area contributed by atoms with E-state index in [1.807, 2.05) is 0 Å². The number of nitrogens with zero attached hydrogens (tertiary/aromatic N) is 1. The zero-order valence-corrected chi connectivity index (χ0v) is 19.7. The summed E-state index contributed by atoms with van der Waals surface area (Å²) in [5.41, 5.74) is 15.6. The summed E-state index contributed by atoms with van der Waals surface area (Å²) in [4.78, 5) is 75.7. The third kappa shape index (κ3) is 11.5. The molecule has 1 fully saturated rings. The molecule has 16 heteroatoms. The molecule has 0 aliphatic carbocycles. The highest BCUT2D eigenvalue weighted by molar-refractivity contribution is 5.95. The Morgan fingerprint density at radius 3 is 2.08 bits per heavy atom. The van der Waals surface area contributed by atoms with E-state index in [0.717, 1.165) is 6.42 Å². The minimum absolute atomic E-state index is 0.0472. The predicted molar refractivity (Wildman–Crippen MR) is 125 cm³/mol. The van der Waals surface area contributed by atoms with Crippen LogP contribution in [0.1, 0.15) is 44.9 Å². The van der Waals surface area contributed by atoms with Gasteiger partial charge in [-0.15, -0.1) is 0 Å². The first-order valence-corrected chi connectivity index (χ1v) is 11.3. The van der Waals surface area contributed by atoms with Crippen LogP contribution in [0.4, 0.5) is 0 Å². The molecule has 0 saturated carbocycles. The molecule has 1 saturated heterocycles. The van der Waals surface area contributed by atoms with E-state index in [1.165, 1.54) is 0 Å². The average Bonchev–Trinajstić information content (AvgIpc) is 3.32. The van der Waals surface area contributed by atoms with Crippen molar-refractivity contribution in [2.24, 2.45) is 22.2 Å². The van der Waals surface area contributed by atoms with Crippen LogP contribution in [0.5, 0.6) is 0 Å². The Morgan fingerprint density at radius 2 is 1.56 bits per heavy atom. The van der Waals surface area contributed by atoms with Gasteiger partial charge in [0, 0.05) is 13.0 Å². The summed E-state index contributed by atoms with van der Waals surface area (Å²) in [7, 11) is 0. The summed E-state index contributed by atoms with van der Waals surface area (Å²) in [5.74, 6) is -6.14. The lowest BCUT2D eigenvalue weighted by Crippen LogP contribution is -2.57. The van der Waals surface area contributed by atoms with Crippen LogP contribution in [-0.2, 0) is 28.8 Å². The third-order valence-corrected chi connectivity index (χ3v) is 5.26. The second-order valence-electron chi connectivity index (χ2n) is 8.22. The molecular weight excluding hydrogens is 480 g/mol. The third-order valence-electron chi connectivity index (χ3n) is 5.26. The van der Waals surface area contributed by atoms with Crippen molar-refractivity contribution in [3.05, 3.63) is 0 Å². The van der Waals surface area contributed by atoms with E-state index in [-0.39, 0.29) is 38.2 Å². The molecule has 36 heavy (non-hydrogen) atoms. The van der Waals surface area contributed by atoms with Gasteiger partial charge < -0.3 is 48.7 Å². The standard InChI is InChI=1S/C20H34N8O8/c21-14(29)6-5-12(19(35)36)27-17(33)11(4-2-8-25-20(22)23)26-18(34)13(9-15(30)31)28-16(32)10-3-1-7-24-10/h10-13,24H,1-9H2,(H2,21,29)(H,26,34)(H,27,33)(H,28,32)(H,30,31)(H,35,36)(H4,22,23,25). The highest BCUT2D eigenvalue weighted by Crippen LogP contribution is 2.07.